The molecular formula is C11H22N2O2. The molecule has 0 heterocycles. The Kier molecular flexibility index (Phi) is 5.33. The molecule has 0 aromatic carbocycles. The van der Waals surface area contributed by atoms with Gasteiger partial charge >= 0.3 is 0 Å². The van der Waals surface area contributed by atoms with Crippen molar-refractivity contribution < 1.29 is 9.59 Å². The van der Waals surface area contributed by atoms with Crippen LogP contribution in [0, 0.1) is 5.41 Å². The van der Waals surface area contributed by atoms with Gasteiger partial charge in [-0.15, -0.1) is 0 Å². The maximum absolute atomic E-state index is 11.4. The van der Waals surface area contributed by atoms with Crippen LogP contribution in [-0.4, -0.2) is 36.9 Å². The first-order chi connectivity index (χ1) is 6.78. The molecule has 15 heavy (non-hydrogen) atoms. The fourth-order valence-corrected chi connectivity index (χ4v) is 0.846. The van der Waals surface area contributed by atoms with Crippen LogP contribution in [0.25, 0.3) is 0 Å². The van der Waals surface area contributed by atoms with E-state index in [0.29, 0.717) is 6.54 Å². The largest absolute Gasteiger partial charge is 0.354 e. The van der Waals surface area contributed by atoms with E-state index in [1.54, 1.807) is 7.05 Å². The Hall–Kier alpha value is -1.06. The molecule has 4 heteroatoms. The van der Waals surface area contributed by atoms with E-state index in [4.69, 9.17) is 0 Å². The summed E-state index contributed by atoms with van der Waals surface area (Å²) in [6.45, 7) is 8.52. The van der Waals surface area contributed by atoms with Crippen LogP contribution in [0.15, 0.2) is 0 Å². The zero-order chi connectivity index (χ0) is 12.1. The number of carbonyl (C=O) groups is 2. The third-order valence-corrected chi connectivity index (χ3v) is 2.64. The molecule has 0 aromatic heterocycles. The summed E-state index contributed by atoms with van der Waals surface area (Å²) in [5.74, 6) is -0.200. The van der Waals surface area contributed by atoms with Crippen molar-refractivity contribution in [3.8, 4) is 0 Å². The number of nitrogens with zero attached hydrogens (tertiary/aromatic N) is 1. The Labute approximate surface area is 92.0 Å². The molecular weight excluding hydrogens is 192 g/mol. The monoisotopic (exact) mass is 214 g/mol. The van der Waals surface area contributed by atoms with Crippen molar-refractivity contribution in [2.45, 2.75) is 34.1 Å². The first-order valence-electron chi connectivity index (χ1n) is 5.27. The Morgan fingerprint density at radius 3 is 2.27 bits per heavy atom. The summed E-state index contributed by atoms with van der Waals surface area (Å²) >= 11 is 0. The van der Waals surface area contributed by atoms with E-state index in [-0.39, 0.29) is 23.8 Å². The highest BCUT2D eigenvalue weighted by atomic mass is 16.2. The van der Waals surface area contributed by atoms with Crippen LogP contribution in [0.2, 0.25) is 0 Å². The second kappa shape index (κ2) is 5.73. The standard InChI is InChI=1S/C11H22N2O2/c1-6-11(3,4)8-12-10(15)7-13(5)9(2)14/h6-8H2,1-5H3,(H,12,15). The fraction of sp³-hybridized carbons (Fsp3) is 0.818. The highest BCUT2D eigenvalue weighted by Crippen LogP contribution is 2.17. The minimum Gasteiger partial charge on any atom is -0.354 e. The summed E-state index contributed by atoms with van der Waals surface area (Å²) in [4.78, 5) is 23.7. The zero-order valence-electron chi connectivity index (χ0n) is 10.4. The summed E-state index contributed by atoms with van der Waals surface area (Å²) in [6.07, 6.45) is 1.01. The van der Waals surface area contributed by atoms with Crippen LogP contribution in [0.5, 0.6) is 0 Å². The number of amides is 2. The minimum absolute atomic E-state index is 0.0973. The SMILES string of the molecule is CCC(C)(C)CNC(=O)CN(C)C(C)=O. The maximum atomic E-state index is 11.4. The van der Waals surface area contributed by atoms with E-state index in [1.807, 2.05) is 0 Å². The number of carbonyl (C=O) groups excluding carboxylic acids is 2. The quantitative estimate of drug-likeness (QED) is 0.742. The van der Waals surface area contributed by atoms with Crippen molar-refractivity contribution in [3.63, 3.8) is 0 Å². The van der Waals surface area contributed by atoms with Crippen molar-refractivity contribution in [2.24, 2.45) is 5.41 Å². The smallest absolute Gasteiger partial charge is 0.239 e. The molecule has 0 aliphatic heterocycles. The molecule has 0 atom stereocenters. The van der Waals surface area contributed by atoms with Gasteiger partial charge in [0.2, 0.25) is 11.8 Å². The van der Waals surface area contributed by atoms with Crippen molar-refractivity contribution in [2.75, 3.05) is 20.1 Å². The van der Waals surface area contributed by atoms with Gasteiger partial charge in [0.15, 0.2) is 0 Å². The highest BCUT2D eigenvalue weighted by molar-refractivity contribution is 5.83. The average molecular weight is 214 g/mol. The predicted molar refractivity (Wildman–Crippen MR) is 60.4 cm³/mol. The summed E-state index contributed by atoms with van der Waals surface area (Å²) in [7, 11) is 1.62. The molecule has 2 amide bonds. The lowest BCUT2D eigenvalue weighted by molar-refractivity contribution is -0.133. The van der Waals surface area contributed by atoms with Crippen molar-refractivity contribution >= 4 is 11.8 Å². The van der Waals surface area contributed by atoms with Crippen molar-refractivity contribution in [3.05, 3.63) is 0 Å². The van der Waals surface area contributed by atoms with Crippen LogP contribution < -0.4 is 5.32 Å². The van der Waals surface area contributed by atoms with Gasteiger partial charge in [-0.1, -0.05) is 20.8 Å². The number of rotatable bonds is 5. The van der Waals surface area contributed by atoms with Crippen LogP contribution in [0.1, 0.15) is 34.1 Å². The number of likely N-dealkylation sites (N-methyl/N-ethyl adjacent to an activating group) is 1. The van der Waals surface area contributed by atoms with E-state index in [0.717, 1.165) is 6.42 Å². The molecule has 0 rings (SSSR count). The maximum Gasteiger partial charge on any atom is 0.239 e. The molecule has 1 N–H and O–H groups in total. The van der Waals surface area contributed by atoms with Gasteiger partial charge in [0, 0.05) is 20.5 Å². The molecule has 0 unspecified atom stereocenters. The van der Waals surface area contributed by atoms with Crippen LogP contribution in [0.4, 0.5) is 0 Å². The lowest BCUT2D eigenvalue weighted by Crippen LogP contribution is -2.40. The first kappa shape index (κ1) is 13.9. The lowest BCUT2D eigenvalue weighted by atomic mass is 9.90. The molecule has 0 bridgehead atoms. The topological polar surface area (TPSA) is 49.4 Å². The zero-order valence-corrected chi connectivity index (χ0v) is 10.4. The van der Waals surface area contributed by atoms with Gasteiger partial charge in [-0.3, -0.25) is 9.59 Å². The molecule has 88 valence electrons. The van der Waals surface area contributed by atoms with Gasteiger partial charge in [0.25, 0.3) is 0 Å². The third-order valence-electron chi connectivity index (χ3n) is 2.64. The normalized spacial score (nSPS) is 11.0. The molecule has 0 aromatic rings. The molecule has 0 aliphatic carbocycles. The Bertz CT molecular complexity index is 237. The predicted octanol–water partition coefficient (Wildman–Crippen LogP) is 1.02. The van der Waals surface area contributed by atoms with Crippen molar-refractivity contribution in [1.29, 1.82) is 0 Å². The van der Waals surface area contributed by atoms with Crippen LogP contribution >= 0.6 is 0 Å². The molecule has 0 radical (unpaired) electrons. The fourth-order valence-electron chi connectivity index (χ4n) is 0.846. The van der Waals surface area contributed by atoms with Gasteiger partial charge in [0.1, 0.15) is 0 Å². The van der Waals surface area contributed by atoms with Crippen LogP contribution in [-0.2, 0) is 9.59 Å². The second-order valence-corrected chi connectivity index (χ2v) is 4.67. The molecule has 0 spiro atoms. The number of hydrogen-bond acceptors (Lipinski definition) is 2. The molecule has 0 saturated carbocycles. The molecule has 0 aliphatic rings. The summed E-state index contributed by atoms with van der Waals surface area (Å²) in [6, 6.07) is 0. The highest BCUT2D eigenvalue weighted by Gasteiger charge is 2.16. The van der Waals surface area contributed by atoms with Gasteiger partial charge in [-0.05, 0) is 11.8 Å². The first-order valence-corrected chi connectivity index (χ1v) is 5.27. The van der Waals surface area contributed by atoms with E-state index in [9.17, 15) is 9.59 Å². The summed E-state index contributed by atoms with van der Waals surface area (Å²) < 4.78 is 0. The Morgan fingerprint density at radius 1 is 1.33 bits per heavy atom. The lowest BCUT2D eigenvalue weighted by Gasteiger charge is -2.23. The van der Waals surface area contributed by atoms with Crippen LogP contribution in [0.3, 0.4) is 0 Å². The van der Waals surface area contributed by atoms with E-state index >= 15 is 0 Å². The average Bonchev–Trinajstić information content (AvgIpc) is 2.15. The van der Waals surface area contributed by atoms with E-state index in [1.165, 1.54) is 11.8 Å². The molecule has 4 nitrogen and oxygen atoms in total. The van der Waals surface area contributed by atoms with Gasteiger partial charge in [0.05, 0.1) is 6.54 Å². The molecule has 0 fully saturated rings. The third kappa shape index (κ3) is 6.10. The van der Waals surface area contributed by atoms with Gasteiger partial charge < -0.3 is 10.2 Å². The van der Waals surface area contributed by atoms with E-state index < -0.39 is 0 Å². The minimum atomic E-state index is -0.103. The number of hydrogen-bond donors (Lipinski definition) is 1. The van der Waals surface area contributed by atoms with Crippen molar-refractivity contribution in [1.82, 2.24) is 10.2 Å². The summed E-state index contributed by atoms with van der Waals surface area (Å²) in [5.41, 5.74) is 0.116. The van der Waals surface area contributed by atoms with E-state index in [2.05, 4.69) is 26.1 Å². The Balaban J connectivity index is 3.91. The Morgan fingerprint density at radius 2 is 1.87 bits per heavy atom. The number of nitrogens with one attached hydrogen (secondary N) is 1. The second-order valence-electron chi connectivity index (χ2n) is 4.67. The van der Waals surface area contributed by atoms with Gasteiger partial charge in [-0.25, -0.2) is 0 Å². The molecule has 0 saturated heterocycles. The van der Waals surface area contributed by atoms with Gasteiger partial charge in [-0.2, -0.15) is 0 Å². The summed E-state index contributed by atoms with van der Waals surface area (Å²) in [5, 5.41) is 2.83.